The molecule has 3 rings (SSSR count). The number of carbonyl (C=O) groups excluding carboxylic acids is 2. The molecule has 2 aromatic carbocycles. The average Bonchev–Trinajstić information content (AvgIpc) is 3.03. The number of ketones is 1. The molecule has 182 valence electrons. The zero-order chi connectivity index (χ0) is 25.0. The fraction of sp³-hybridized carbons (Fsp3) is 0.429. The highest BCUT2D eigenvalue weighted by molar-refractivity contribution is 6.46. The van der Waals surface area contributed by atoms with E-state index in [9.17, 15) is 14.7 Å². The highest BCUT2D eigenvalue weighted by Gasteiger charge is 2.45. The Labute approximate surface area is 202 Å². The van der Waals surface area contributed by atoms with E-state index in [-0.39, 0.29) is 22.9 Å². The summed E-state index contributed by atoms with van der Waals surface area (Å²) in [6.07, 6.45) is 0.606. The van der Waals surface area contributed by atoms with Crippen LogP contribution in [0.1, 0.15) is 63.8 Å². The molecule has 0 saturated carbocycles. The van der Waals surface area contributed by atoms with Gasteiger partial charge in [0.1, 0.15) is 11.5 Å². The molecule has 6 heteroatoms. The van der Waals surface area contributed by atoms with Crippen molar-refractivity contribution in [2.24, 2.45) is 0 Å². The first-order chi connectivity index (χ1) is 16.0. The standard InChI is InChI=1S/C28H35NO5/c1-18(2)34-22-14-10-20(11-15-22)25(30)23-24(19-8-12-21(13-9-19)28(3,4)5)29(16-7-17-33-6)27(32)26(23)31/h8-15,18,24,30H,7,16-17H2,1-6H3/b25-23-. The van der Waals surface area contributed by atoms with Crippen LogP contribution in [0.3, 0.4) is 0 Å². The van der Waals surface area contributed by atoms with Crippen molar-refractivity contribution >= 4 is 17.4 Å². The van der Waals surface area contributed by atoms with E-state index in [4.69, 9.17) is 9.47 Å². The van der Waals surface area contributed by atoms with E-state index in [2.05, 4.69) is 20.8 Å². The number of aliphatic hydroxyl groups excluding tert-OH is 1. The van der Waals surface area contributed by atoms with Gasteiger partial charge in [0.2, 0.25) is 0 Å². The molecule has 0 aliphatic carbocycles. The summed E-state index contributed by atoms with van der Waals surface area (Å²) in [6, 6.07) is 14.1. The van der Waals surface area contributed by atoms with Gasteiger partial charge < -0.3 is 19.5 Å². The summed E-state index contributed by atoms with van der Waals surface area (Å²) in [5.41, 5.74) is 2.46. The molecule has 34 heavy (non-hydrogen) atoms. The van der Waals surface area contributed by atoms with Crippen LogP contribution in [-0.4, -0.2) is 48.1 Å². The van der Waals surface area contributed by atoms with Crippen LogP contribution in [0.4, 0.5) is 0 Å². The van der Waals surface area contributed by atoms with Gasteiger partial charge in [0.15, 0.2) is 0 Å². The number of hydrogen-bond donors (Lipinski definition) is 1. The molecule has 0 spiro atoms. The van der Waals surface area contributed by atoms with Gasteiger partial charge in [-0.2, -0.15) is 0 Å². The first-order valence-electron chi connectivity index (χ1n) is 11.7. The van der Waals surface area contributed by atoms with Crippen molar-refractivity contribution < 1.29 is 24.2 Å². The van der Waals surface area contributed by atoms with E-state index >= 15 is 0 Å². The molecule has 1 saturated heterocycles. The van der Waals surface area contributed by atoms with Crippen LogP contribution >= 0.6 is 0 Å². The summed E-state index contributed by atoms with van der Waals surface area (Å²) < 4.78 is 10.8. The van der Waals surface area contributed by atoms with Gasteiger partial charge in [-0.05, 0) is 61.1 Å². The quantitative estimate of drug-likeness (QED) is 0.250. The number of rotatable bonds is 8. The van der Waals surface area contributed by atoms with Crippen LogP contribution in [-0.2, 0) is 19.7 Å². The molecule has 0 bridgehead atoms. The van der Waals surface area contributed by atoms with Crippen LogP contribution in [0, 0.1) is 0 Å². The minimum Gasteiger partial charge on any atom is -0.507 e. The van der Waals surface area contributed by atoms with Crippen molar-refractivity contribution in [2.75, 3.05) is 20.3 Å². The molecule has 1 fully saturated rings. The third kappa shape index (κ3) is 5.50. The van der Waals surface area contributed by atoms with Crippen molar-refractivity contribution in [3.05, 3.63) is 70.8 Å². The van der Waals surface area contributed by atoms with Gasteiger partial charge in [-0.25, -0.2) is 0 Å². The monoisotopic (exact) mass is 465 g/mol. The number of Topliss-reactive ketones (excluding diaryl/α,β-unsaturated/α-hetero) is 1. The third-order valence-electron chi connectivity index (χ3n) is 5.88. The van der Waals surface area contributed by atoms with Crippen molar-refractivity contribution in [2.45, 2.75) is 58.6 Å². The number of methoxy groups -OCH3 is 1. The maximum atomic E-state index is 13.1. The Bertz CT molecular complexity index is 1050. The molecule has 1 aliphatic rings. The predicted molar refractivity (Wildman–Crippen MR) is 133 cm³/mol. The van der Waals surface area contributed by atoms with Crippen LogP contribution in [0.5, 0.6) is 5.75 Å². The Morgan fingerprint density at radius 1 is 1.03 bits per heavy atom. The smallest absolute Gasteiger partial charge is 0.295 e. The maximum absolute atomic E-state index is 13.1. The fourth-order valence-electron chi connectivity index (χ4n) is 4.12. The minimum atomic E-state index is -0.678. The normalized spacial score (nSPS) is 18.1. The summed E-state index contributed by atoms with van der Waals surface area (Å²) in [5.74, 6) is -0.806. The van der Waals surface area contributed by atoms with Gasteiger partial charge in [0.05, 0.1) is 17.7 Å². The molecule has 1 aliphatic heterocycles. The summed E-state index contributed by atoms with van der Waals surface area (Å²) in [7, 11) is 1.60. The number of benzene rings is 2. The Morgan fingerprint density at radius 2 is 1.65 bits per heavy atom. The van der Waals surface area contributed by atoms with Crippen LogP contribution in [0.2, 0.25) is 0 Å². The Hall–Kier alpha value is -3.12. The molecule has 1 atom stereocenters. The molecule has 1 amide bonds. The van der Waals surface area contributed by atoms with Crippen LogP contribution in [0.25, 0.3) is 5.76 Å². The Kier molecular flexibility index (Phi) is 7.82. The number of amides is 1. The third-order valence-corrected chi connectivity index (χ3v) is 5.88. The molecular weight excluding hydrogens is 430 g/mol. The summed E-state index contributed by atoms with van der Waals surface area (Å²) in [4.78, 5) is 27.7. The van der Waals surface area contributed by atoms with E-state index in [1.165, 1.54) is 4.90 Å². The fourth-order valence-corrected chi connectivity index (χ4v) is 4.12. The number of nitrogens with zero attached hydrogens (tertiary/aromatic N) is 1. The lowest BCUT2D eigenvalue weighted by Crippen LogP contribution is -2.31. The van der Waals surface area contributed by atoms with Crippen molar-refractivity contribution in [3.63, 3.8) is 0 Å². The van der Waals surface area contributed by atoms with Gasteiger partial charge in [0, 0.05) is 25.8 Å². The topological polar surface area (TPSA) is 76.1 Å². The zero-order valence-corrected chi connectivity index (χ0v) is 20.9. The lowest BCUT2D eigenvalue weighted by molar-refractivity contribution is -0.140. The second kappa shape index (κ2) is 10.4. The summed E-state index contributed by atoms with van der Waals surface area (Å²) in [6.45, 7) is 11.1. The van der Waals surface area contributed by atoms with E-state index in [0.717, 1.165) is 11.1 Å². The van der Waals surface area contributed by atoms with Gasteiger partial charge >= 0.3 is 0 Å². The molecule has 1 N–H and O–H groups in total. The van der Waals surface area contributed by atoms with Crippen molar-refractivity contribution in [1.29, 1.82) is 0 Å². The van der Waals surface area contributed by atoms with E-state index in [0.29, 0.717) is 30.9 Å². The van der Waals surface area contributed by atoms with Crippen LogP contribution in [0.15, 0.2) is 54.1 Å². The molecule has 0 radical (unpaired) electrons. The average molecular weight is 466 g/mol. The first-order valence-corrected chi connectivity index (χ1v) is 11.7. The van der Waals surface area contributed by atoms with E-state index in [1.54, 1.807) is 31.4 Å². The van der Waals surface area contributed by atoms with E-state index in [1.807, 2.05) is 38.1 Å². The summed E-state index contributed by atoms with van der Waals surface area (Å²) >= 11 is 0. The number of aliphatic hydroxyl groups is 1. The second-order valence-electron chi connectivity index (χ2n) is 9.90. The number of hydrogen-bond acceptors (Lipinski definition) is 5. The number of likely N-dealkylation sites (tertiary alicyclic amines) is 1. The van der Waals surface area contributed by atoms with Crippen molar-refractivity contribution in [3.8, 4) is 5.75 Å². The lowest BCUT2D eigenvalue weighted by Gasteiger charge is -2.26. The predicted octanol–water partition coefficient (Wildman–Crippen LogP) is 5.23. The highest BCUT2D eigenvalue weighted by Crippen LogP contribution is 2.40. The summed E-state index contributed by atoms with van der Waals surface area (Å²) in [5, 5.41) is 11.2. The van der Waals surface area contributed by atoms with Crippen LogP contribution < -0.4 is 4.74 Å². The van der Waals surface area contributed by atoms with Gasteiger partial charge in [-0.15, -0.1) is 0 Å². The van der Waals surface area contributed by atoms with E-state index < -0.39 is 17.7 Å². The number of carbonyl (C=O) groups is 2. The molecule has 0 aromatic heterocycles. The number of ether oxygens (including phenoxy) is 2. The Morgan fingerprint density at radius 3 is 2.18 bits per heavy atom. The Balaban J connectivity index is 2.06. The maximum Gasteiger partial charge on any atom is 0.295 e. The first kappa shape index (κ1) is 25.5. The lowest BCUT2D eigenvalue weighted by atomic mass is 9.85. The molecule has 1 heterocycles. The molecule has 6 nitrogen and oxygen atoms in total. The second-order valence-corrected chi connectivity index (χ2v) is 9.90. The van der Waals surface area contributed by atoms with Gasteiger partial charge in [0.25, 0.3) is 11.7 Å². The van der Waals surface area contributed by atoms with Gasteiger partial charge in [-0.1, -0.05) is 45.0 Å². The van der Waals surface area contributed by atoms with Crippen molar-refractivity contribution in [1.82, 2.24) is 4.90 Å². The molecule has 2 aromatic rings. The highest BCUT2D eigenvalue weighted by atomic mass is 16.5. The minimum absolute atomic E-state index is 0.0212. The SMILES string of the molecule is COCCCN1C(=O)C(=O)/C(=C(\O)c2ccc(OC(C)C)cc2)C1c1ccc(C(C)(C)C)cc1. The molecule has 1 unspecified atom stereocenters. The van der Waals surface area contributed by atoms with Gasteiger partial charge in [-0.3, -0.25) is 9.59 Å². The largest absolute Gasteiger partial charge is 0.507 e. The zero-order valence-electron chi connectivity index (χ0n) is 20.9. The molecular formula is C28H35NO5.